The molecule has 2 aliphatic heterocycles. The third-order valence-corrected chi connectivity index (χ3v) is 4.58. The van der Waals surface area contributed by atoms with Gasteiger partial charge in [0.15, 0.2) is 0 Å². The van der Waals surface area contributed by atoms with Crippen LogP contribution in [-0.4, -0.2) is 59.1 Å². The Morgan fingerprint density at radius 2 is 1.67 bits per heavy atom. The quantitative estimate of drug-likeness (QED) is 0.820. The van der Waals surface area contributed by atoms with Crippen LogP contribution in [0.1, 0.15) is 39.5 Å². The molecule has 2 aliphatic rings. The summed E-state index contributed by atoms with van der Waals surface area (Å²) in [4.78, 5) is 16.6. The molecule has 0 aromatic carbocycles. The average molecular weight is 254 g/mol. The van der Waals surface area contributed by atoms with Gasteiger partial charge in [0.2, 0.25) is 5.91 Å². The number of piperidine rings is 1. The minimum Gasteiger partial charge on any atom is -0.393 e. The Kier molecular flexibility index (Phi) is 4.62. The van der Waals surface area contributed by atoms with Crippen LogP contribution in [0.5, 0.6) is 0 Å². The Morgan fingerprint density at radius 3 is 2.17 bits per heavy atom. The van der Waals surface area contributed by atoms with Gasteiger partial charge in [-0.05, 0) is 58.5 Å². The summed E-state index contributed by atoms with van der Waals surface area (Å²) in [6, 6.07) is 0.0121. The van der Waals surface area contributed by atoms with Crippen molar-refractivity contribution in [3.8, 4) is 0 Å². The number of hydrogen-bond acceptors (Lipinski definition) is 3. The van der Waals surface area contributed by atoms with E-state index in [0.717, 1.165) is 51.9 Å². The molecule has 18 heavy (non-hydrogen) atoms. The third kappa shape index (κ3) is 3.04. The minimum atomic E-state index is -0.211. The number of likely N-dealkylation sites (tertiary alicyclic amines) is 2. The number of rotatable bonds is 3. The smallest absolute Gasteiger partial charge is 0.239 e. The molecule has 0 saturated carbocycles. The summed E-state index contributed by atoms with van der Waals surface area (Å²) < 4.78 is 0. The van der Waals surface area contributed by atoms with Crippen molar-refractivity contribution < 1.29 is 9.90 Å². The van der Waals surface area contributed by atoms with Crippen molar-refractivity contribution in [3.63, 3.8) is 0 Å². The topological polar surface area (TPSA) is 43.8 Å². The van der Waals surface area contributed by atoms with Gasteiger partial charge < -0.3 is 10.0 Å². The van der Waals surface area contributed by atoms with Crippen molar-refractivity contribution in [3.05, 3.63) is 0 Å². The lowest BCUT2D eigenvalue weighted by atomic mass is 9.91. The number of aliphatic hydroxyl groups is 1. The van der Waals surface area contributed by atoms with Crippen LogP contribution < -0.4 is 0 Å². The molecule has 0 bridgehead atoms. The highest BCUT2D eigenvalue weighted by Crippen LogP contribution is 2.23. The fourth-order valence-corrected chi connectivity index (χ4v) is 3.15. The van der Waals surface area contributed by atoms with E-state index in [-0.39, 0.29) is 12.1 Å². The van der Waals surface area contributed by atoms with E-state index in [1.165, 1.54) is 0 Å². The summed E-state index contributed by atoms with van der Waals surface area (Å²) in [5.74, 6) is 0.707. The first-order chi connectivity index (χ1) is 8.59. The zero-order valence-corrected chi connectivity index (χ0v) is 11.6. The van der Waals surface area contributed by atoms with Gasteiger partial charge in [0.05, 0.1) is 12.1 Å². The zero-order chi connectivity index (χ0) is 13.1. The molecule has 104 valence electrons. The first-order valence-electron chi connectivity index (χ1n) is 7.30. The largest absolute Gasteiger partial charge is 0.393 e. The first-order valence-corrected chi connectivity index (χ1v) is 7.30. The second-order valence-electron chi connectivity index (χ2n) is 5.82. The Labute approximate surface area is 110 Å². The molecule has 2 heterocycles. The molecule has 0 aromatic rings. The highest BCUT2D eigenvalue weighted by atomic mass is 16.3. The van der Waals surface area contributed by atoms with Gasteiger partial charge in [0, 0.05) is 13.1 Å². The monoisotopic (exact) mass is 254 g/mol. The maximum Gasteiger partial charge on any atom is 0.239 e. The van der Waals surface area contributed by atoms with Crippen molar-refractivity contribution in [1.29, 1.82) is 0 Å². The van der Waals surface area contributed by atoms with Gasteiger partial charge in [0.25, 0.3) is 0 Å². The van der Waals surface area contributed by atoms with E-state index in [1.807, 2.05) is 18.7 Å². The predicted molar refractivity (Wildman–Crippen MR) is 71.3 cm³/mol. The zero-order valence-electron chi connectivity index (χ0n) is 11.6. The lowest BCUT2D eigenvalue weighted by molar-refractivity contribution is -0.136. The van der Waals surface area contributed by atoms with Crippen LogP contribution >= 0.6 is 0 Å². The summed E-state index contributed by atoms with van der Waals surface area (Å²) in [6.45, 7) is 7.66. The van der Waals surface area contributed by atoms with Gasteiger partial charge in [0.1, 0.15) is 0 Å². The highest BCUT2D eigenvalue weighted by Gasteiger charge is 2.31. The lowest BCUT2D eigenvalue weighted by Gasteiger charge is -2.37. The second-order valence-corrected chi connectivity index (χ2v) is 5.82. The molecule has 0 spiro atoms. The Morgan fingerprint density at radius 1 is 1.11 bits per heavy atom. The number of hydrogen-bond donors (Lipinski definition) is 1. The van der Waals surface area contributed by atoms with Crippen molar-refractivity contribution in [2.75, 3.05) is 26.2 Å². The number of aliphatic hydroxyl groups excluding tert-OH is 1. The van der Waals surface area contributed by atoms with E-state index in [4.69, 9.17) is 0 Å². The standard InChI is InChI=1S/C14H26N2O2/c1-11(14(18)16-7-3-4-8-16)15-9-5-13(6-10-15)12(2)17/h11-13,17H,3-10H2,1-2H3. The predicted octanol–water partition coefficient (Wildman–Crippen LogP) is 1.09. The van der Waals surface area contributed by atoms with Gasteiger partial charge in [-0.1, -0.05) is 0 Å². The van der Waals surface area contributed by atoms with Crippen LogP contribution in [0.2, 0.25) is 0 Å². The number of amides is 1. The van der Waals surface area contributed by atoms with Gasteiger partial charge in [-0.2, -0.15) is 0 Å². The van der Waals surface area contributed by atoms with E-state index in [9.17, 15) is 9.90 Å². The second kappa shape index (κ2) is 6.02. The van der Waals surface area contributed by atoms with E-state index in [0.29, 0.717) is 11.8 Å². The Hall–Kier alpha value is -0.610. The van der Waals surface area contributed by atoms with Crippen LogP contribution in [0.25, 0.3) is 0 Å². The molecule has 2 fully saturated rings. The average Bonchev–Trinajstić information content (AvgIpc) is 2.91. The van der Waals surface area contributed by atoms with Crippen LogP contribution in [0.15, 0.2) is 0 Å². The SMILES string of the molecule is CC(O)C1CCN(C(C)C(=O)N2CCCC2)CC1. The summed E-state index contributed by atoms with van der Waals surface area (Å²) in [5, 5.41) is 9.59. The molecular formula is C14H26N2O2. The summed E-state index contributed by atoms with van der Waals surface area (Å²) in [6.07, 6.45) is 4.12. The van der Waals surface area contributed by atoms with Crippen molar-refractivity contribution in [1.82, 2.24) is 9.80 Å². The van der Waals surface area contributed by atoms with Gasteiger partial charge in [-0.3, -0.25) is 9.69 Å². The van der Waals surface area contributed by atoms with E-state index < -0.39 is 0 Å². The normalized spacial score (nSPS) is 26.3. The van der Waals surface area contributed by atoms with E-state index >= 15 is 0 Å². The minimum absolute atomic E-state index is 0.0121. The molecule has 1 amide bonds. The lowest BCUT2D eigenvalue weighted by Crippen LogP contribution is -2.49. The fraction of sp³-hybridized carbons (Fsp3) is 0.929. The molecule has 2 saturated heterocycles. The molecule has 2 unspecified atom stereocenters. The van der Waals surface area contributed by atoms with Crippen molar-refractivity contribution >= 4 is 5.91 Å². The maximum atomic E-state index is 12.3. The number of carbonyl (C=O) groups excluding carboxylic acids is 1. The summed E-state index contributed by atoms with van der Waals surface area (Å²) in [5.41, 5.74) is 0. The third-order valence-electron chi connectivity index (χ3n) is 4.58. The number of nitrogens with zero attached hydrogens (tertiary/aromatic N) is 2. The molecule has 2 atom stereocenters. The Balaban J connectivity index is 1.83. The molecule has 0 aliphatic carbocycles. The van der Waals surface area contributed by atoms with Crippen LogP contribution in [0, 0.1) is 5.92 Å². The maximum absolute atomic E-state index is 12.3. The summed E-state index contributed by atoms with van der Waals surface area (Å²) >= 11 is 0. The van der Waals surface area contributed by atoms with Crippen molar-refractivity contribution in [2.45, 2.75) is 51.7 Å². The molecule has 0 aromatic heterocycles. The van der Waals surface area contributed by atoms with Gasteiger partial charge in [-0.25, -0.2) is 0 Å². The van der Waals surface area contributed by atoms with E-state index in [1.54, 1.807) is 0 Å². The van der Waals surface area contributed by atoms with E-state index in [2.05, 4.69) is 4.90 Å². The Bertz CT molecular complexity index is 280. The van der Waals surface area contributed by atoms with Gasteiger partial charge >= 0.3 is 0 Å². The van der Waals surface area contributed by atoms with Gasteiger partial charge in [-0.15, -0.1) is 0 Å². The molecule has 2 rings (SSSR count). The first kappa shape index (κ1) is 13.8. The molecule has 0 radical (unpaired) electrons. The van der Waals surface area contributed by atoms with Crippen molar-refractivity contribution in [2.24, 2.45) is 5.92 Å². The van der Waals surface area contributed by atoms with Crippen LogP contribution in [0.4, 0.5) is 0 Å². The fourth-order valence-electron chi connectivity index (χ4n) is 3.15. The summed E-state index contributed by atoms with van der Waals surface area (Å²) in [7, 11) is 0. The number of carbonyl (C=O) groups is 1. The molecular weight excluding hydrogens is 228 g/mol. The van der Waals surface area contributed by atoms with Crippen LogP contribution in [-0.2, 0) is 4.79 Å². The molecule has 4 heteroatoms. The highest BCUT2D eigenvalue weighted by molar-refractivity contribution is 5.81. The van der Waals surface area contributed by atoms with Crippen LogP contribution in [0.3, 0.4) is 0 Å². The molecule has 1 N–H and O–H groups in total. The molecule has 4 nitrogen and oxygen atoms in total.